The van der Waals surface area contributed by atoms with Gasteiger partial charge in [-0.1, -0.05) is 30.5 Å². The van der Waals surface area contributed by atoms with Gasteiger partial charge >= 0.3 is 12.1 Å². The zero-order valence-corrected chi connectivity index (χ0v) is 25.3. The van der Waals surface area contributed by atoms with Crippen LogP contribution in [-0.2, 0) is 22.4 Å². The van der Waals surface area contributed by atoms with E-state index in [1.807, 2.05) is 13.0 Å². The van der Waals surface area contributed by atoms with Crippen molar-refractivity contribution in [2.75, 3.05) is 37.7 Å². The summed E-state index contributed by atoms with van der Waals surface area (Å²) in [5.74, 6) is 0.619. The van der Waals surface area contributed by atoms with Crippen molar-refractivity contribution in [1.29, 1.82) is 0 Å². The number of hydrogen-bond donors (Lipinski definition) is 1. The SMILES string of the molecule is Cc1cc(OCCCCCCC(=O)O)ncc1-c1ccc(-c2nc(C(F)(F)F)cn2COCCS(C)(C)C)c(Cl)c1. The fourth-order valence-electron chi connectivity index (χ4n) is 4.02. The molecule has 0 amide bonds. The van der Waals surface area contributed by atoms with Crippen molar-refractivity contribution >= 4 is 27.6 Å². The molecule has 0 aliphatic rings. The number of halogens is 4. The Bertz CT molecular complexity index is 1330. The van der Waals surface area contributed by atoms with E-state index in [-0.39, 0.29) is 24.0 Å². The van der Waals surface area contributed by atoms with Crippen LogP contribution in [0.2, 0.25) is 5.02 Å². The van der Waals surface area contributed by atoms with Crippen LogP contribution < -0.4 is 4.74 Å². The number of rotatable bonds is 15. The van der Waals surface area contributed by atoms with Crippen molar-refractivity contribution in [1.82, 2.24) is 14.5 Å². The molecule has 41 heavy (non-hydrogen) atoms. The van der Waals surface area contributed by atoms with Crippen molar-refractivity contribution in [2.24, 2.45) is 0 Å². The predicted octanol–water partition coefficient (Wildman–Crippen LogP) is 7.67. The lowest BCUT2D eigenvalue weighted by Gasteiger charge is -2.24. The van der Waals surface area contributed by atoms with E-state index in [0.29, 0.717) is 31.1 Å². The van der Waals surface area contributed by atoms with E-state index in [0.717, 1.165) is 47.9 Å². The van der Waals surface area contributed by atoms with Crippen LogP contribution in [0.25, 0.3) is 22.5 Å². The third-order valence-electron chi connectivity index (χ3n) is 6.28. The second-order valence-electron chi connectivity index (χ2n) is 10.7. The molecular formula is C29H37ClF3N3O4S. The highest BCUT2D eigenvalue weighted by molar-refractivity contribution is 8.32. The Labute approximate surface area is 245 Å². The third kappa shape index (κ3) is 10.2. The molecule has 2 heterocycles. The summed E-state index contributed by atoms with van der Waals surface area (Å²) in [4.78, 5) is 18.8. The van der Waals surface area contributed by atoms with Gasteiger partial charge in [-0.25, -0.2) is 20.0 Å². The molecule has 7 nitrogen and oxygen atoms in total. The number of unbranched alkanes of at least 4 members (excludes halogenated alkanes) is 3. The van der Waals surface area contributed by atoms with E-state index in [1.54, 1.807) is 24.4 Å². The molecule has 2 aromatic heterocycles. The average molecular weight is 616 g/mol. The van der Waals surface area contributed by atoms with Crippen LogP contribution in [0.1, 0.15) is 43.4 Å². The number of hydrogen-bond acceptors (Lipinski definition) is 5. The first-order valence-corrected chi connectivity index (χ1v) is 16.6. The molecule has 226 valence electrons. The summed E-state index contributed by atoms with van der Waals surface area (Å²) in [5, 5.41) is 8.94. The summed E-state index contributed by atoms with van der Waals surface area (Å²) in [6.07, 6.45) is 7.81. The van der Waals surface area contributed by atoms with Gasteiger partial charge in [0.25, 0.3) is 0 Å². The van der Waals surface area contributed by atoms with Gasteiger partial charge in [-0.05, 0) is 61.8 Å². The Morgan fingerprint density at radius 2 is 1.80 bits per heavy atom. The molecular weight excluding hydrogens is 579 g/mol. The second-order valence-corrected chi connectivity index (χ2v) is 15.7. The van der Waals surface area contributed by atoms with Gasteiger partial charge < -0.3 is 19.1 Å². The van der Waals surface area contributed by atoms with Crippen molar-refractivity contribution < 1.29 is 32.5 Å². The van der Waals surface area contributed by atoms with Crippen molar-refractivity contribution in [3.05, 3.63) is 52.9 Å². The topological polar surface area (TPSA) is 86.5 Å². The number of carboxylic acid groups (broad SMARTS) is 1. The van der Waals surface area contributed by atoms with Crippen LogP contribution in [0.5, 0.6) is 5.88 Å². The number of aromatic nitrogens is 3. The molecule has 0 fully saturated rings. The number of imidazole rings is 1. The molecule has 1 aromatic carbocycles. The molecule has 0 aliphatic carbocycles. The Morgan fingerprint density at radius 1 is 1.07 bits per heavy atom. The number of aryl methyl sites for hydroxylation is 1. The van der Waals surface area contributed by atoms with Crippen molar-refractivity contribution in [3.8, 4) is 28.4 Å². The Hall–Kier alpha value is -2.76. The molecule has 0 bridgehead atoms. The van der Waals surface area contributed by atoms with Gasteiger partial charge in [-0.15, -0.1) is 0 Å². The summed E-state index contributed by atoms with van der Waals surface area (Å²) in [5.41, 5.74) is 1.83. The summed E-state index contributed by atoms with van der Waals surface area (Å²) in [7, 11) is -0.795. The molecule has 0 atom stereocenters. The minimum atomic E-state index is -4.60. The number of alkyl halides is 3. The minimum Gasteiger partial charge on any atom is -0.481 e. The Kier molecular flexibility index (Phi) is 11.5. The number of carboxylic acids is 1. The zero-order chi connectivity index (χ0) is 30.2. The molecule has 3 rings (SSSR count). The van der Waals surface area contributed by atoms with Gasteiger partial charge in [0.1, 0.15) is 12.6 Å². The van der Waals surface area contributed by atoms with Crippen LogP contribution in [-0.4, -0.2) is 63.3 Å². The maximum Gasteiger partial charge on any atom is 0.434 e. The molecule has 0 unspecified atom stereocenters. The zero-order valence-electron chi connectivity index (χ0n) is 23.8. The van der Waals surface area contributed by atoms with Gasteiger partial charge in [0.05, 0.1) is 18.2 Å². The first kappa shape index (κ1) is 32.8. The third-order valence-corrected chi connectivity index (χ3v) is 7.98. The van der Waals surface area contributed by atoms with Gasteiger partial charge in [-0.3, -0.25) is 4.79 Å². The number of ether oxygens (including phenoxy) is 2. The lowest BCUT2D eigenvalue weighted by Crippen LogP contribution is -2.10. The molecule has 0 radical (unpaired) electrons. The highest BCUT2D eigenvalue weighted by Crippen LogP contribution is 2.37. The quantitative estimate of drug-likeness (QED) is 0.177. The first-order chi connectivity index (χ1) is 19.2. The lowest BCUT2D eigenvalue weighted by atomic mass is 10.0. The molecule has 1 N–H and O–H groups in total. The van der Waals surface area contributed by atoms with Crippen LogP contribution >= 0.6 is 21.6 Å². The summed E-state index contributed by atoms with van der Waals surface area (Å²) < 4.78 is 53.3. The van der Waals surface area contributed by atoms with Crippen molar-refractivity contribution in [2.45, 2.75) is 51.9 Å². The van der Waals surface area contributed by atoms with E-state index in [1.165, 1.54) is 4.57 Å². The number of nitrogens with zero attached hydrogens (tertiary/aromatic N) is 3. The summed E-state index contributed by atoms with van der Waals surface area (Å²) >= 11 is 6.60. The minimum absolute atomic E-state index is 0.0706. The van der Waals surface area contributed by atoms with Crippen LogP contribution in [0.15, 0.2) is 36.7 Å². The fourth-order valence-corrected chi connectivity index (χ4v) is 4.90. The molecule has 0 aliphatic heterocycles. The van der Waals surface area contributed by atoms with E-state index in [2.05, 4.69) is 28.7 Å². The molecule has 0 spiro atoms. The van der Waals surface area contributed by atoms with Gasteiger partial charge in [0.2, 0.25) is 5.88 Å². The number of benzene rings is 1. The lowest BCUT2D eigenvalue weighted by molar-refractivity contribution is -0.141. The van der Waals surface area contributed by atoms with Gasteiger partial charge in [0, 0.05) is 41.8 Å². The molecule has 0 saturated carbocycles. The van der Waals surface area contributed by atoms with E-state index < -0.39 is 27.9 Å². The largest absolute Gasteiger partial charge is 0.481 e. The highest BCUT2D eigenvalue weighted by Gasteiger charge is 2.35. The van der Waals surface area contributed by atoms with Crippen LogP contribution in [0, 0.1) is 6.92 Å². The first-order valence-electron chi connectivity index (χ1n) is 13.2. The second kappa shape index (κ2) is 14.4. The summed E-state index contributed by atoms with van der Waals surface area (Å²) in [6.45, 7) is 2.76. The van der Waals surface area contributed by atoms with E-state index >= 15 is 0 Å². The Balaban J connectivity index is 1.71. The monoisotopic (exact) mass is 615 g/mol. The molecule has 12 heteroatoms. The Morgan fingerprint density at radius 3 is 2.44 bits per heavy atom. The van der Waals surface area contributed by atoms with Gasteiger partial charge in [-0.2, -0.15) is 13.2 Å². The molecule has 3 aromatic rings. The number of aliphatic carboxylic acids is 1. The smallest absolute Gasteiger partial charge is 0.434 e. The number of carbonyl (C=O) groups is 1. The molecule has 0 saturated heterocycles. The normalized spacial score (nSPS) is 12.5. The standard InChI is InChI=1S/C29H37ClF3N3O4S/c1-20-15-26(40-12-8-6-5-7-9-27(37)38)34-17-23(20)21-10-11-22(24(30)16-21)28-35-25(29(31,32)33)18-36(28)19-39-13-14-41(2,3)4/h10-11,15-18H,5-9,12-14,19H2,1-4H3,(H,37,38). The van der Waals surface area contributed by atoms with Crippen LogP contribution in [0.4, 0.5) is 13.2 Å². The average Bonchev–Trinajstić information content (AvgIpc) is 3.30. The number of pyridine rings is 1. The maximum atomic E-state index is 13.5. The predicted molar refractivity (Wildman–Crippen MR) is 158 cm³/mol. The van der Waals surface area contributed by atoms with E-state index in [9.17, 15) is 18.0 Å². The van der Waals surface area contributed by atoms with E-state index in [4.69, 9.17) is 26.2 Å². The van der Waals surface area contributed by atoms with Crippen LogP contribution in [0.3, 0.4) is 0 Å². The maximum absolute atomic E-state index is 13.5. The van der Waals surface area contributed by atoms with Gasteiger partial charge in [0.15, 0.2) is 5.69 Å². The fraction of sp³-hybridized carbons (Fsp3) is 0.483. The van der Waals surface area contributed by atoms with Crippen molar-refractivity contribution in [3.63, 3.8) is 0 Å². The summed E-state index contributed by atoms with van der Waals surface area (Å²) in [6, 6.07) is 6.94. The highest BCUT2D eigenvalue weighted by atomic mass is 35.5.